The van der Waals surface area contributed by atoms with E-state index in [1.807, 2.05) is 36.4 Å². The molecule has 0 saturated heterocycles. The molecule has 0 atom stereocenters. The first-order chi connectivity index (χ1) is 24.0. The van der Waals surface area contributed by atoms with Gasteiger partial charge in [-0.15, -0.1) is 0 Å². The molecule has 51 heavy (non-hydrogen) atoms. The van der Waals surface area contributed by atoms with Gasteiger partial charge in [0.1, 0.15) is 20.2 Å². The van der Waals surface area contributed by atoms with Crippen LogP contribution in [0.1, 0.15) is 141 Å². The zero-order valence-electron chi connectivity index (χ0n) is 31.0. The molecule has 4 aromatic rings. The number of unbranched alkanes of at least 4 members (excludes halogenated alkanes) is 16. The summed E-state index contributed by atoms with van der Waals surface area (Å²) < 4.78 is 68.0. The number of hydrogen-bond donors (Lipinski definition) is 0. The summed E-state index contributed by atoms with van der Waals surface area (Å²) in [6.07, 6.45) is 25.5. The van der Waals surface area contributed by atoms with Crippen molar-refractivity contribution in [2.75, 3.05) is 0 Å². The molecule has 0 aliphatic carbocycles. The summed E-state index contributed by atoms with van der Waals surface area (Å²) in [6.45, 7) is 4.49. The molecular formula is C42H58CaO6S2. The summed E-state index contributed by atoms with van der Waals surface area (Å²) >= 11 is 0. The van der Waals surface area contributed by atoms with E-state index >= 15 is 0 Å². The SMILES string of the molecule is CCCCCCCCCCCc1ccc2c(S(=O)(=O)[O-])cccc2c1.CCCCCCCCCCCc1ccc2c(S(=O)(=O)[O-])cccc2c1.[Ca+2]. The van der Waals surface area contributed by atoms with Gasteiger partial charge in [-0.25, -0.2) is 16.8 Å². The molecular weight excluding hydrogens is 705 g/mol. The van der Waals surface area contributed by atoms with Gasteiger partial charge in [0.2, 0.25) is 0 Å². The molecule has 6 nitrogen and oxygen atoms in total. The quantitative estimate of drug-likeness (QED) is 0.0447. The van der Waals surface area contributed by atoms with Crippen molar-refractivity contribution in [3.05, 3.63) is 83.9 Å². The maximum absolute atomic E-state index is 11.3. The molecule has 0 unspecified atom stereocenters. The fraction of sp³-hybridized carbons (Fsp3) is 0.524. The summed E-state index contributed by atoms with van der Waals surface area (Å²) in [7, 11) is -8.86. The number of hydrogen-bond acceptors (Lipinski definition) is 6. The van der Waals surface area contributed by atoms with Gasteiger partial charge in [0.15, 0.2) is 0 Å². The Bertz CT molecular complexity index is 1670. The van der Waals surface area contributed by atoms with Crippen molar-refractivity contribution in [2.24, 2.45) is 0 Å². The Hall–Kier alpha value is -1.52. The molecule has 0 spiro atoms. The van der Waals surface area contributed by atoms with Crippen LogP contribution in [-0.4, -0.2) is 63.7 Å². The van der Waals surface area contributed by atoms with Gasteiger partial charge >= 0.3 is 37.7 Å². The predicted octanol–water partition coefficient (Wildman–Crippen LogP) is 11.3. The van der Waals surface area contributed by atoms with Crippen molar-refractivity contribution in [1.29, 1.82) is 0 Å². The molecule has 0 amide bonds. The summed E-state index contributed by atoms with van der Waals surface area (Å²) in [4.78, 5) is -0.251. The van der Waals surface area contributed by atoms with Crippen LogP contribution in [0.5, 0.6) is 0 Å². The number of benzene rings is 4. The monoisotopic (exact) mass is 762 g/mol. The Morgan fingerprint density at radius 1 is 0.431 bits per heavy atom. The van der Waals surface area contributed by atoms with Crippen LogP contribution in [0, 0.1) is 0 Å². The van der Waals surface area contributed by atoms with Crippen molar-refractivity contribution in [3.63, 3.8) is 0 Å². The molecule has 0 bridgehead atoms. The molecule has 0 aromatic heterocycles. The number of aryl methyl sites for hydroxylation is 2. The minimum absolute atomic E-state index is 0. The molecule has 4 aromatic carbocycles. The second-order valence-corrected chi connectivity index (χ2v) is 16.4. The minimum Gasteiger partial charge on any atom is -0.744 e. The van der Waals surface area contributed by atoms with Crippen molar-refractivity contribution < 1.29 is 25.9 Å². The fourth-order valence-corrected chi connectivity index (χ4v) is 8.03. The predicted molar refractivity (Wildman–Crippen MR) is 211 cm³/mol. The normalized spacial score (nSPS) is 11.7. The van der Waals surface area contributed by atoms with Crippen LogP contribution in [0.4, 0.5) is 0 Å². The molecule has 0 aliphatic heterocycles. The summed E-state index contributed by atoms with van der Waals surface area (Å²) in [5.41, 5.74) is 2.41. The Morgan fingerprint density at radius 2 is 0.745 bits per heavy atom. The van der Waals surface area contributed by atoms with E-state index in [1.54, 1.807) is 24.3 Å². The Balaban J connectivity index is 0.000000347. The first kappa shape index (κ1) is 45.6. The van der Waals surface area contributed by atoms with E-state index < -0.39 is 20.2 Å². The third-order valence-corrected chi connectivity index (χ3v) is 11.3. The average molecular weight is 763 g/mol. The molecule has 0 aliphatic rings. The van der Waals surface area contributed by atoms with E-state index in [2.05, 4.69) is 13.8 Å². The Kier molecular flexibility index (Phi) is 22.1. The fourth-order valence-electron chi connectivity index (χ4n) is 6.63. The van der Waals surface area contributed by atoms with E-state index in [0.29, 0.717) is 10.8 Å². The molecule has 0 fully saturated rings. The van der Waals surface area contributed by atoms with E-state index in [0.717, 1.165) is 36.5 Å². The summed E-state index contributed by atoms with van der Waals surface area (Å²) in [6, 6.07) is 21.2. The van der Waals surface area contributed by atoms with E-state index in [4.69, 9.17) is 0 Å². The molecule has 276 valence electrons. The second-order valence-electron chi connectivity index (χ2n) is 13.7. The van der Waals surface area contributed by atoms with Gasteiger partial charge in [-0.3, -0.25) is 0 Å². The third kappa shape index (κ3) is 17.0. The second kappa shape index (κ2) is 24.7. The molecule has 0 N–H and O–H groups in total. The molecule has 4 rings (SSSR count). The largest absolute Gasteiger partial charge is 2.00 e. The van der Waals surface area contributed by atoms with Crippen LogP contribution in [0.2, 0.25) is 0 Å². The van der Waals surface area contributed by atoms with Gasteiger partial charge in [0, 0.05) is 0 Å². The van der Waals surface area contributed by atoms with Crippen LogP contribution in [0.25, 0.3) is 21.5 Å². The van der Waals surface area contributed by atoms with Crippen LogP contribution in [0.3, 0.4) is 0 Å². The molecule has 0 radical (unpaired) electrons. The first-order valence-electron chi connectivity index (χ1n) is 19.0. The summed E-state index contributed by atoms with van der Waals surface area (Å²) in [5.74, 6) is 0. The van der Waals surface area contributed by atoms with E-state index in [-0.39, 0.29) is 47.5 Å². The van der Waals surface area contributed by atoms with Crippen molar-refractivity contribution in [3.8, 4) is 0 Å². The summed E-state index contributed by atoms with van der Waals surface area (Å²) in [5, 5.41) is 2.69. The van der Waals surface area contributed by atoms with Gasteiger partial charge in [0.05, 0.1) is 9.79 Å². The first-order valence-corrected chi connectivity index (χ1v) is 21.8. The van der Waals surface area contributed by atoms with Gasteiger partial charge in [-0.2, -0.15) is 0 Å². The smallest absolute Gasteiger partial charge is 0.744 e. The van der Waals surface area contributed by atoms with Crippen LogP contribution in [0.15, 0.2) is 82.6 Å². The number of fused-ring (bicyclic) bond motifs is 2. The van der Waals surface area contributed by atoms with Crippen molar-refractivity contribution in [2.45, 2.75) is 152 Å². The average Bonchev–Trinajstić information content (AvgIpc) is 3.09. The van der Waals surface area contributed by atoms with Gasteiger partial charge in [-0.05, 0) is 70.5 Å². The van der Waals surface area contributed by atoms with Crippen molar-refractivity contribution >= 4 is 79.5 Å². The van der Waals surface area contributed by atoms with Crippen LogP contribution in [-0.2, 0) is 33.1 Å². The maximum Gasteiger partial charge on any atom is 2.00 e. The van der Waals surface area contributed by atoms with Gasteiger partial charge in [0.25, 0.3) is 0 Å². The van der Waals surface area contributed by atoms with Gasteiger partial charge < -0.3 is 9.11 Å². The van der Waals surface area contributed by atoms with Gasteiger partial charge in [-0.1, -0.05) is 177 Å². The van der Waals surface area contributed by atoms with Crippen LogP contribution < -0.4 is 0 Å². The minimum atomic E-state index is -4.43. The zero-order chi connectivity index (χ0) is 36.2. The Labute approximate surface area is 338 Å². The molecule has 0 saturated carbocycles. The molecule has 9 heteroatoms. The standard InChI is InChI=1S/2C21H30O3S.Ca/c2*1-2-3-4-5-6-7-8-9-10-12-18-15-16-20-19(17-18)13-11-14-21(20)25(22,23)24;/h2*11,13-17H,2-10,12H2,1H3,(H,22,23,24);/q;;+2/p-2. The Morgan fingerprint density at radius 3 is 1.06 bits per heavy atom. The number of rotatable bonds is 22. The zero-order valence-corrected chi connectivity index (χ0v) is 34.9. The third-order valence-electron chi connectivity index (χ3n) is 9.49. The molecule has 0 heterocycles. The van der Waals surface area contributed by atoms with E-state index in [9.17, 15) is 25.9 Å². The van der Waals surface area contributed by atoms with Crippen molar-refractivity contribution in [1.82, 2.24) is 0 Å². The maximum atomic E-state index is 11.3. The topological polar surface area (TPSA) is 114 Å². The van der Waals surface area contributed by atoms with Crippen LogP contribution >= 0.6 is 0 Å². The van der Waals surface area contributed by atoms with E-state index in [1.165, 1.54) is 126 Å².